The molecule has 2 aliphatic rings. The molecule has 0 radical (unpaired) electrons. The van der Waals surface area contributed by atoms with E-state index in [-0.39, 0.29) is 24.8 Å². The van der Waals surface area contributed by atoms with E-state index in [0.717, 1.165) is 43.4 Å². The number of sulfonamides is 1. The third kappa shape index (κ3) is 7.46. The number of carbonyl (C=O) groups excluding carboxylic acids is 1. The van der Waals surface area contributed by atoms with E-state index in [1.54, 1.807) is 4.90 Å². The summed E-state index contributed by atoms with van der Waals surface area (Å²) in [6.07, 6.45) is 6.61. The summed E-state index contributed by atoms with van der Waals surface area (Å²) in [5.74, 6) is 1.43. The molecule has 0 unspecified atom stereocenters. The van der Waals surface area contributed by atoms with Gasteiger partial charge in [-0.3, -0.25) is 0 Å². The number of hydrogen-bond acceptors (Lipinski definition) is 5. The number of nitrogens with one attached hydrogen (secondary N) is 1. The lowest BCUT2D eigenvalue weighted by atomic mass is 9.80. The van der Waals surface area contributed by atoms with Gasteiger partial charge >= 0.3 is 6.09 Å². The molecule has 180 valence electrons. The third-order valence-electron chi connectivity index (χ3n) is 6.75. The molecule has 0 bridgehead atoms. The van der Waals surface area contributed by atoms with Gasteiger partial charge in [-0.1, -0.05) is 44.2 Å². The molecule has 3 rings (SSSR count). The smallest absolute Gasteiger partial charge is 0.410 e. The van der Waals surface area contributed by atoms with Gasteiger partial charge < -0.3 is 14.4 Å². The lowest BCUT2D eigenvalue weighted by Crippen LogP contribution is -2.59. The van der Waals surface area contributed by atoms with Crippen molar-refractivity contribution in [3.63, 3.8) is 0 Å². The normalized spacial score (nSPS) is 26.8. The number of rotatable bonds is 8. The highest BCUT2D eigenvalue weighted by molar-refractivity contribution is 7.88. The van der Waals surface area contributed by atoms with Crippen molar-refractivity contribution in [1.29, 1.82) is 0 Å². The van der Waals surface area contributed by atoms with Crippen molar-refractivity contribution in [2.45, 2.75) is 77.2 Å². The molecule has 1 aliphatic heterocycles. The molecule has 1 saturated heterocycles. The molecule has 1 aliphatic carbocycles. The third-order valence-corrected chi connectivity index (χ3v) is 7.48. The van der Waals surface area contributed by atoms with Crippen molar-refractivity contribution in [3.05, 3.63) is 35.9 Å². The number of nitrogens with zero attached hydrogens (tertiary/aromatic N) is 1. The number of amides is 1. The molecule has 1 amide bonds. The first-order valence-electron chi connectivity index (χ1n) is 11.8. The average molecular weight is 467 g/mol. The summed E-state index contributed by atoms with van der Waals surface area (Å²) >= 11 is 0. The van der Waals surface area contributed by atoms with E-state index in [0.29, 0.717) is 31.9 Å². The SMILES string of the molecule is CC(C)C1CCC(OC[C@H]2[C@@H](NS(C)(=O)=O)CCCN2C(=O)OCc2ccccc2)CC1. The number of piperidine rings is 1. The molecule has 8 heteroatoms. The van der Waals surface area contributed by atoms with E-state index in [1.165, 1.54) is 0 Å². The van der Waals surface area contributed by atoms with Crippen LogP contribution in [0.15, 0.2) is 30.3 Å². The molecule has 1 heterocycles. The molecule has 0 spiro atoms. The quantitative estimate of drug-likeness (QED) is 0.627. The zero-order chi connectivity index (χ0) is 23.1. The van der Waals surface area contributed by atoms with E-state index in [2.05, 4.69) is 18.6 Å². The molecule has 1 aromatic carbocycles. The van der Waals surface area contributed by atoms with Crippen LogP contribution in [0.1, 0.15) is 57.9 Å². The Bertz CT molecular complexity index is 822. The summed E-state index contributed by atoms with van der Waals surface area (Å²) in [6, 6.07) is 8.78. The number of ether oxygens (including phenoxy) is 2. The Morgan fingerprint density at radius 1 is 1.12 bits per heavy atom. The number of carbonyl (C=O) groups is 1. The lowest BCUT2D eigenvalue weighted by molar-refractivity contribution is -0.0327. The van der Waals surface area contributed by atoms with Crippen molar-refractivity contribution in [1.82, 2.24) is 9.62 Å². The van der Waals surface area contributed by atoms with E-state index < -0.39 is 16.1 Å². The monoisotopic (exact) mass is 466 g/mol. The topological polar surface area (TPSA) is 84.9 Å². The van der Waals surface area contributed by atoms with E-state index in [1.807, 2.05) is 30.3 Å². The van der Waals surface area contributed by atoms with Gasteiger partial charge in [0.1, 0.15) is 6.61 Å². The van der Waals surface area contributed by atoms with Crippen LogP contribution in [0.5, 0.6) is 0 Å². The van der Waals surface area contributed by atoms with E-state index in [9.17, 15) is 13.2 Å². The second-order valence-corrected chi connectivity index (χ2v) is 11.3. The van der Waals surface area contributed by atoms with Gasteiger partial charge in [0.05, 0.1) is 25.0 Å². The molecule has 32 heavy (non-hydrogen) atoms. The fourth-order valence-corrected chi connectivity index (χ4v) is 5.69. The van der Waals surface area contributed by atoms with Crippen LogP contribution in [0, 0.1) is 11.8 Å². The zero-order valence-corrected chi connectivity index (χ0v) is 20.4. The molecule has 1 N–H and O–H groups in total. The maximum atomic E-state index is 12.9. The highest BCUT2D eigenvalue weighted by Crippen LogP contribution is 2.32. The molecular formula is C24H38N2O5S. The Hall–Kier alpha value is -1.64. The van der Waals surface area contributed by atoms with Crippen molar-refractivity contribution in [2.24, 2.45) is 11.8 Å². The van der Waals surface area contributed by atoms with Crippen molar-refractivity contribution >= 4 is 16.1 Å². The van der Waals surface area contributed by atoms with Crippen LogP contribution in [0.25, 0.3) is 0 Å². The predicted molar refractivity (Wildman–Crippen MR) is 125 cm³/mol. The number of likely N-dealkylation sites (tertiary alicyclic amines) is 1. The first-order chi connectivity index (χ1) is 15.2. The summed E-state index contributed by atoms with van der Waals surface area (Å²) in [5.41, 5.74) is 0.915. The second-order valence-electron chi connectivity index (χ2n) is 9.55. The Morgan fingerprint density at radius 2 is 1.81 bits per heavy atom. The molecule has 7 nitrogen and oxygen atoms in total. The minimum Gasteiger partial charge on any atom is -0.445 e. The van der Waals surface area contributed by atoms with Crippen molar-refractivity contribution < 1.29 is 22.7 Å². The highest BCUT2D eigenvalue weighted by Gasteiger charge is 2.37. The molecule has 1 saturated carbocycles. The van der Waals surface area contributed by atoms with Crippen molar-refractivity contribution in [3.8, 4) is 0 Å². The van der Waals surface area contributed by atoms with Gasteiger partial charge in [0.15, 0.2) is 0 Å². The lowest BCUT2D eigenvalue weighted by Gasteiger charge is -2.41. The van der Waals surface area contributed by atoms with Gasteiger partial charge in [0.2, 0.25) is 10.0 Å². The summed E-state index contributed by atoms with van der Waals surface area (Å²) in [4.78, 5) is 14.6. The minimum absolute atomic E-state index is 0.160. The van der Waals surface area contributed by atoms with Gasteiger partial charge in [0, 0.05) is 12.6 Å². The Labute approximate surface area is 192 Å². The molecule has 0 aromatic heterocycles. The largest absolute Gasteiger partial charge is 0.445 e. The van der Waals surface area contributed by atoms with Crippen LogP contribution in [0.2, 0.25) is 0 Å². The highest BCUT2D eigenvalue weighted by atomic mass is 32.2. The van der Waals surface area contributed by atoms with Gasteiger partial charge in [0.25, 0.3) is 0 Å². The average Bonchev–Trinajstić information content (AvgIpc) is 2.76. The fourth-order valence-electron chi connectivity index (χ4n) is 4.86. The first-order valence-corrected chi connectivity index (χ1v) is 13.7. The first kappa shape index (κ1) is 25.0. The molecule has 2 atom stereocenters. The molecule has 1 aromatic rings. The van der Waals surface area contributed by atoms with Crippen LogP contribution in [-0.2, 0) is 26.1 Å². The van der Waals surface area contributed by atoms with E-state index in [4.69, 9.17) is 9.47 Å². The van der Waals surface area contributed by atoms with Gasteiger partial charge in [-0.15, -0.1) is 0 Å². The maximum absolute atomic E-state index is 12.9. The number of benzene rings is 1. The Morgan fingerprint density at radius 3 is 2.44 bits per heavy atom. The van der Waals surface area contributed by atoms with Crippen LogP contribution < -0.4 is 4.72 Å². The minimum atomic E-state index is -3.41. The van der Waals surface area contributed by atoms with Crippen molar-refractivity contribution in [2.75, 3.05) is 19.4 Å². The van der Waals surface area contributed by atoms with Gasteiger partial charge in [-0.2, -0.15) is 0 Å². The van der Waals surface area contributed by atoms with Gasteiger partial charge in [-0.05, 0) is 55.9 Å². The Kier molecular flexibility index (Phi) is 8.96. The standard InChI is InChI=1S/C24H38N2O5S/c1-18(2)20-11-13-21(14-12-20)30-17-23-22(25-32(3,28)29)10-7-15-26(23)24(27)31-16-19-8-5-4-6-9-19/h4-6,8-9,18,20-23,25H,7,10-17H2,1-3H3/t20?,21?,22-,23-/m0/s1. The zero-order valence-electron chi connectivity index (χ0n) is 19.5. The summed E-state index contributed by atoms with van der Waals surface area (Å²) in [7, 11) is -3.41. The predicted octanol–water partition coefficient (Wildman–Crippen LogP) is 3.94. The molecule has 2 fully saturated rings. The fraction of sp³-hybridized carbons (Fsp3) is 0.708. The number of hydrogen-bond donors (Lipinski definition) is 1. The van der Waals surface area contributed by atoms with Crippen LogP contribution in [0.3, 0.4) is 0 Å². The maximum Gasteiger partial charge on any atom is 0.410 e. The van der Waals surface area contributed by atoms with Crippen LogP contribution in [-0.4, -0.2) is 57.0 Å². The summed E-state index contributed by atoms with van der Waals surface area (Å²) in [6.45, 7) is 5.57. The summed E-state index contributed by atoms with van der Waals surface area (Å²) < 4.78 is 38.4. The van der Waals surface area contributed by atoms with Gasteiger partial charge in [-0.25, -0.2) is 17.9 Å². The molecular weight excluding hydrogens is 428 g/mol. The second kappa shape index (κ2) is 11.5. The Balaban J connectivity index is 1.63. The van der Waals surface area contributed by atoms with Crippen LogP contribution >= 0.6 is 0 Å². The van der Waals surface area contributed by atoms with E-state index >= 15 is 0 Å². The summed E-state index contributed by atoms with van der Waals surface area (Å²) in [5, 5.41) is 0. The van der Waals surface area contributed by atoms with Crippen LogP contribution in [0.4, 0.5) is 4.79 Å².